The van der Waals surface area contributed by atoms with Gasteiger partial charge < -0.3 is 5.11 Å². The van der Waals surface area contributed by atoms with Crippen LogP contribution >= 0.6 is 11.6 Å². The molecule has 0 amide bonds. The molecule has 1 atom stereocenters. The molecule has 4 aromatic rings. The second kappa shape index (κ2) is 10.3. The average molecular weight is 560 g/mol. The number of benzene rings is 2. The maximum absolute atomic E-state index is 13.5. The molecule has 2 aromatic heterocycles. The first kappa shape index (κ1) is 27.4. The van der Waals surface area contributed by atoms with Gasteiger partial charge >= 0.3 is 18.0 Å². The van der Waals surface area contributed by atoms with Gasteiger partial charge in [-0.1, -0.05) is 35.9 Å². The highest BCUT2D eigenvalue weighted by Gasteiger charge is 2.39. The maximum atomic E-state index is 13.5. The molecule has 8 nitrogen and oxygen atoms in total. The van der Waals surface area contributed by atoms with Crippen LogP contribution in [0.4, 0.5) is 26.3 Å². The number of aromatic nitrogens is 6. The molecule has 1 radical (unpaired) electrons. The molecule has 0 aliphatic heterocycles. The molecule has 0 aliphatic rings. The molecule has 0 saturated carbocycles. The zero-order valence-electron chi connectivity index (χ0n) is 19.4. The van der Waals surface area contributed by atoms with Crippen LogP contribution in [0.5, 0.6) is 0 Å². The number of halogens is 7. The minimum Gasteiger partial charge on any atom is -0.382 e. The molecule has 0 saturated heterocycles. The van der Waals surface area contributed by atoms with Gasteiger partial charge in [0.2, 0.25) is 0 Å². The van der Waals surface area contributed by atoms with Crippen molar-refractivity contribution >= 4 is 11.6 Å². The van der Waals surface area contributed by atoms with Gasteiger partial charge in [0.15, 0.2) is 11.9 Å². The summed E-state index contributed by atoms with van der Waals surface area (Å²) >= 11 is 5.88. The Morgan fingerprint density at radius 2 is 1.79 bits per heavy atom. The molecule has 15 heteroatoms. The SMILES string of the molecule is CCc1c(Cn2nc(-c3ccc(Cl)cc3)n(C[C@H](O)C(F)(F)F)c2=O)nnn1-c1ccc[c]c1C(F)(F)F. The third kappa shape index (κ3) is 5.45. The summed E-state index contributed by atoms with van der Waals surface area (Å²) in [5.74, 6) is -0.183. The van der Waals surface area contributed by atoms with E-state index >= 15 is 0 Å². The van der Waals surface area contributed by atoms with Gasteiger partial charge in [0.05, 0.1) is 30.0 Å². The van der Waals surface area contributed by atoms with E-state index in [4.69, 9.17) is 11.6 Å². The zero-order valence-corrected chi connectivity index (χ0v) is 20.2. The molecular formula is C23H18ClF6N6O2. The van der Waals surface area contributed by atoms with E-state index in [0.29, 0.717) is 9.59 Å². The van der Waals surface area contributed by atoms with Crippen molar-refractivity contribution in [2.24, 2.45) is 0 Å². The van der Waals surface area contributed by atoms with Crippen molar-refractivity contribution in [3.8, 4) is 17.1 Å². The predicted molar refractivity (Wildman–Crippen MR) is 123 cm³/mol. The van der Waals surface area contributed by atoms with E-state index in [1.54, 1.807) is 6.92 Å². The molecule has 0 unspecified atom stereocenters. The lowest BCUT2D eigenvalue weighted by Gasteiger charge is -2.15. The Bertz CT molecular complexity index is 1490. The summed E-state index contributed by atoms with van der Waals surface area (Å²) in [5, 5.41) is 21.8. The van der Waals surface area contributed by atoms with Crippen LogP contribution in [0.3, 0.4) is 0 Å². The third-order valence-electron chi connectivity index (χ3n) is 5.58. The Hall–Kier alpha value is -3.65. The van der Waals surface area contributed by atoms with Crippen molar-refractivity contribution in [1.82, 2.24) is 29.3 Å². The van der Waals surface area contributed by atoms with Crippen molar-refractivity contribution in [2.75, 3.05) is 0 Å². The highest BCUT2D eigenvalue weighted by atomic mass is 35.5. The summed E-state index contributed by atoms with van der Waals surface area (Å²) in [4.78, 5) is 13.1. The lowest BCUT2D eigenvalue weighted by Crippen LogP contribution is -2.37. The van der Waals surface area contributed by atoms with Crippen LogP contribution in [-0.4, -0.2) is 46.7 Å². The van der Waals surface area contributed by atoms with Gasteiger partial charge in [-0.2, -0.15) is 26.3 Å². The van der Waals surface area contributed by atoms with Crippen LogP contribution < -0.4 is 5.69 Å². The van der Waals surface area contributed by atoms with Crippen LogP contribution in [0.1, 0.15) is 23.9 Å². The third-order valence-corrected chi connectivity index (χ3v) is 5.83. The van der Waals surface area contributed by atoms with Gasteiger partial charge in [0.1, 0.15) is 5.69 Å². The molecule has 2 heterocycles. The number of aliphatic hydroxyl groups is 1. The largest absolute Gasteiger partial charge is 0.419 e. The van der Waals surface area contributed by atoms with Crippen molar-refractivity contribution in [1.29, 1.82) is 0 Å². The quantitative estimate of drug-likeness (QED) is 0.341. The molecule has 0 spiro atoms. The Morgan fingerprint density at radius 3 is 2.39 bits per heavy atom. The van der Waals surface area contributed by atoms with Crippen molar-refractivity contribution in [3.63, 3.8) is 0 Å². The Balaban J connectivity index is 1.79. The molecule has 2 aromatic carbocycles. The van der Waals surface area contributed by atoms with E-state index in [0.717, 1.165) is 15.4 Å². The zero-order chi connectivity index (χ0) is 27.8. The molecule has 38 heavy (non-hydrogen) atoms. The smallest absolute Gasteiger partial charge is 0.382 e. The van der Waals surface area contributed by atoms with Crippen molar-refractivity contribution < 1.29 is 31.4 Å². The molecule has 0 fully saturated rings. The van der Waals surface area contributed by atoms with Crippen LogP contribution in [0, 0.1) is 6.07 Å². The van der Waals surface area contributed by atoms with E-state index in [-0.39, 0.29) is 34.9 Å². The summed E-state index contributed by atoms with van der Waals surface area (Å²) in [6.07, 6.45) is -12.4. The number of rotatable bonds is 7. The molecule has 201 valence electrons. The van der Waals surface area contributed by atoms with Gasteiger partial charge in [0.25, 0.3) is 0 Å². The lowest BCUT2D eigenvalue weighted by molar-refractivity contribution is -0.207. The normalized spacial score (nSPS) is 13.2. The first-order valence-corrected chi connectivity index (χ1v) is 11.4. The van der Waals surface area contributed by atoms with E-state index in [9.17, 15) is 36.2 Å². The second-order valence-corrected chi connectivity index (χ2v) is 8.55. The topological polar surface area (TPSA) is 90.8 Å². The standard InChI is InChI=1S/C23H18ClF6N6O2/c1-2-17-16(31-33-36(17)18-6-4-3-5-15(18)22(25,26)27)11-35-21(38)34(12-19(37)23(28,29)30)20(32-35)13-7-9-14(24)10-8-13/h3-4,6-10,19,37H,2,11-12H2,1H3/t19-/m0/s1. The Kier molecular flexibility index (Phi) is 7.39. The lowest BCUT2D eigenvalue weighted by atomic mass is 10.1. The molecule has 0 bridgehead atoms. The van der Waals surface area contributed by atoms with Crippen molar-refractivity contribution in [3.05, 3.63) is 81.0 Å². The van der Waals surface area contributed by atoms with Gasteiger partial charge in [-0.25, -0.2) is 14.2 Å². The van der Waals surface area contributed by atoms with Crippen LogP contribution in [-0.2, 0) is 25.7 Å². The van der Waals surface area contributed by atoms with E-state index in [2.05, 4.69) is 21.5 Å². The van der Waals surface area contributed by atoms with Crippen LogP contribution in [0.25, 0.3) is 17.1 Å². The highest BCUT2D eigenvalue weighted by molar-refractivity contribution is 6.30. The van der Waals surface area contributed by atoms with E-state index in [1.807, 2.05) is 0 Å². The first-order valence-electron chi connectivity index (χ1n) is 11.0. The molecule has 4 rings (SSSR count). The predicted octanol–water partition coefficient (Wildman–Crippen LogP) is 4.30. The second-order valence-electron chi connectivity index (χ2n) is 8.12. The number of hydrogen-bond acceptors (Lipinski definition) is 5. The minimum absolute atomic E-state index is 0.0789. The average Bonchev–Trinajstić information content (AvgIpc) is 3.39. The molecular weight excluding hydrogens is 542 g/mol. The van der Waals surface area contributed by atoms with Crippen LogP contribution in [0.2, 0.25) is 5.02 Å². The number of alkyl halides is 6. The monoisotopic (exact) mass is 559 g/mol. The van der Waals surface area contributed by atoms with Gasteiger partial charge in [-0.05, 0) is 42.8 Å². The fourth-order valence-electron chi connectivity index (χ4n) is 3.77. The summed E-state index contributed by atoms with van der Waals surface area (Å²) in [5.41, 5.74) is -1.86. The molecule has 0 aliphatic carbocycles. The summed E-state index contributed by atoms with van der Waals surface area (Å²) in [7, 11) is 0. The number of nitrogens with zero attached hydrogens (tertiary/aromatic N) is 6. The summed E-state index contributed by atoms with van der Waals surface area (Å²) in [6.45, 7) is 0.0941. The minimum atomic E-state index is -5.00. The fraction of sp³-hybridized carbons (Fsp3) is 0.304. The van der Waals surface area contributed by atoms with Gasteiger partial charge in [0, 0.05) is 10.6 Å². The number of hydrogen-bond donors (Lipinski definition) is 1. The summed E-state index contributed by atoms with van der Waals surface area (Å²) in [6, 6.07) is 11.6. The Labute approximate surface area is 215 Å². The van der Waals surface area contributed by atoms with E-state index in [1.165, 1.54) is 36.4 Å². The molecule has 1 N–H and O–H groups in total. The van der Waals surface area contributed by atoms with Gasteiger partial charge in [-0.15, -0.1) is 10.2 Å². The van der Waals surface area contributed by atoms with Gasteiger partial charge in [-0.3, -0.25) is 4.57 Å². The highest BCUT2D eigenvalue weighted by Crippen LogP contribution is 2.34. The Morgan fingerprint density at radius 1 is 1.11 bits per heavy atom. The number of aliphatic hydroxyl groups excluding tert-OH is 1. The maximum Gasteiger partial charge on any atom is 0.419 e. The first-order chi connectivity index (χ1) is 17.8. The van der Waals surface area contributed by atoms with Crippen molar-refractivity contribution in [2.45, 2.75) is 44.9 Å². The van der Waals surface area contributed by atoms with Crippen LogP contribution in [0.15, 0.2) is 47.3 Å². The summed E-state index contributed by atoms with van der Waals surface area (Å²) < 4.78 is 82.3. The fourth-order valence-corrected chi connectivity index (χ4v) is 3.90. The van der Waals surface area contributed by atoms with E-state index < -0.39 is 42.8 Å².